The average molecular weight is 298 g/mol. The van der Waals surface area contributed by atoms with E-state index in [1.54, 1.807) is 6.20 Å². The molecule has 0 bridgehead atoms. The van der Waals surface area contributed by atoms with Crippen LogP contribution in [-0.4, -0.2) is 32.8 Å². The number of fused-ring (bicyclic) bond motifs is 1. The Morgan fingerprint density at radius 1 is 1.41 bits per heavy atom. The van der Waals surface area contributed by atoms with Crippen molar-refractivity contribution in [3.8, 4) is 11.3 Å². The number of hydrogen-bond acceptors (Lipinski definition) is 4. The molecular formula is C16H18N4O2. The minimum absolute atomic E-state index is 0.134. The van der Waals surface area contributed by atoms with Crippen molar-refractivity contribution >= 4 is 17.0 Å². The molecule has 0 unspecified atom stereocenters. The molecule has 3 aromatic heterocycles. The molecule has 0 fully saturated rings. The van der Waals surface area contributed by atoms with Gasteiger partial charge in [0.1, 0.15) is 11.3 Å². The van der Waals surface area contributed by atoms with Gasteiger partial charge in [0.25, 0.3) is 0 Å². The summed E-state index contributed by atoms with van der Waals surface area (Å²) in [6.07, 6.45) is 3.75. The van der Waals surface area contributed by atoms with E-state index in [4.69, 9.17) is 4.74 Å². The summed E-state index contributed by atoms with van der Waals surface area (Å²) in [7, 11) is 3.32. The molecule has 3 rings (SSSR count). The summed E-state index contributed by atoms with van der Waals surface area (Å²) in [6, 6.07) is 3.91. The Morgan fingerprint density at radius 2 is 2.18 bits per heavy atom. The summed E-state index contributed by atoms with van der Waals surface area (Å²) < 4.78 is 6.80. The Labute approximate surface area is 128 Å². The molecule has 0 radical (unpaired) electrons. The van der Waals surface area contributed by atoms with Crippen LogP contribution in [0.25, 0.3) is 22.3 Å². The molecule has 0 amide bonds. The summed E-state index contributed by atoms with van der Waals surface area (Å²) >= 11 is 0. The Kier molecular flexibility index (Phi) is 3.44. The van der Waals surface area contributed by atoms with Crippen LogP contribution >= 0.6 is 0 Å². The smallest absolute Gasteiger partial charge is 0.356 e. The van der Waals surface area contributed by atoms with Crippen molar-refractivity contribution < 1.29 is 9.53 Å². The number of esters is 1. The second kappa shape index (κ2) is 5.29. The molecule has 0 spiro atoms. The van der Waals surface area contributed by atoms with Gasteiger partial charge in [0.05, 0.1) is 12.8 Å². The van der Waals surface area contributed by atoms with Crippen molar-refractivity contribution in [2.45, 2.75) is 19.8 Å². The maximum Gasteiger partial charge on any atom is 0.356 e. The third-order valence-corrected chi connectivity index (χ3v) is 3.76. The lowest BCUT2D eigenvalue weighted by atomic mass is 9.96. The summed E-state index contributed by atoms with van der Waals surface area (Å²) in [5.41, 5.74) is 3.89. The van der Waals surface area contributed by atoms with Gasteiger partial charge in [0, 0.05) is 36.0 Å². The van der Waals surface area contributed by atoms with Gasteiger partial charge in [-0.1, -0.05) is 13.8 Å². The van der Waals surface area contributed by atoms with Crippen LogP contribution in [0.2, 0.25) is 0 Å². The first-order chi connectivity index (χ1) is 10.5. The minimum atomic E-state index is -0.402. The zero-order valence-corrected chi connectivity index (χ0v) is 13.0. The maximum atomic E-state index is 11.9. The molecule has 1 N–H and O–H groups in total. The zero-order chi connectivity index (χ0) is 15.9. The van der Waals surface area contributed by atoms with Crippen LogP contribution < -0.4 is 0 Å². The molecule has 0 saturated heterocycles. The number of pyridine rings is 1. The fraction of sp³-hybridized carbons (Fsp3) is 0.312. The summed E-state index contributed by atoms with van der Waals surface area (Å²) in [5.74, 6) is -0.268. The molecule has 0 atom stereocenters. The number of aromatic nitrogens is 4. The number of nitrogens with one attached hydrogen (secondary N) is 1. The number of carbonyl (C=O) groups excluding carboxylic acids is 1. The van der Waals surface area contributed by atoms with Crippen molar-refractivity contribution in [3.05, 3.63) is 35.8 Å². The fourth-order valence-corrected chi connectivity index (χ4v) is 2.78. The van der Waals surface area contributed by atoms with Gasteiger partial charge in [0.2, 0.25) is 0 Å². The largest absolute Gasteiger partial charge is 0.464 e. The van der Waals surface area contributed by atoms with Crippen LogP contribution in [0.1, 0.15) is 35.8 Å². The van der Waals surface area contributed by atoms with Crippen LogP contribution in [0.15, 0.2) is 24.5 Å². The van der Waals surface area contributed by atoms with E-state index in [1.807, 2.05) is 43.8 Å². The molecule has 22 heavy (non-hydrogen) atoms. The molecule has 0 aliphatic carbocycles. The van der Waals surface area contributed by atoms with Crippen LogP contribution in [-0.2, 0) is 11.8 Å². The van der Waals surface area contributed by atoms with E-state index in [0.717, 1.165) is 27.9 Å². The van der Waals surface area contributed by atoms with E-state index in [-0.39, 0.29) is 5.92 Å². The molecule has 114 valence electrons. The first-order valence-electron chi connectivity index (χ1n) is 7.11. The van der Waals surface area contributed by atoms with E-state index in [9.17, 15) is 4.79 Å². The number of rotatable bonds is 3. The SMILES string of the molecule is COC(=O)c1[nH]nc(-c2cn(C)c3ncccc23)c1C(C)C. The molecule has 0 aromatic carbocycles. The van der Waals surface area contributed by atoms with E-state index in [2.05, 4.69) is 15.2 Å². The number of aryl methyl sites for hydroxylation is 1. The molecule has 0 saturated carbocycles. The van der Waals surface area contributed by atoms with E-state index in [0.29, 0.717) is 5.69 Å². The van der Waals surface area contributed by atoms with Gasteiger partial charge in [-0.25, -0.2) is 9.78 Å². The van der Waals surface area contributed by atoms with Gasteiger partial charge in [-0.3, -0.25) is 5.10 Å². The van der Waals surface area contributed by atoms with E-state index in [1.165, 1.54) is 7.11 Å². The summed E-state index contributed by atoms with van der Waals surface area (Å²) in [6.45, 7) is 4.06. The number of methoxy groups -OCH3 is 1. The van der Waals surface area contributed by atoms with Gasteiger partial charge < -0.3 is 9.30 Å². The summed E-state index contributed by atoms with van der Waals surface area (Å²) in [4.78, 5) is 16.3. The highest BCUT2D eigenvalue weighted by atomic mass is 16.5. The van der Waals surface area contributed by atoms with Crippen LogP contribution in [0.4, 0.5) is 0 Å². The average Bonchev–Trinajstić information content (AvgIpc) is 3.08. The maximum absolute atomic E-state index is 11.9. The van der Waals surface area contributed by atoms with Gasteiger partial charge >= 0.3 is 5.97 Å². The number of ether oxygens (including phenoxy) is 1. The number of nitrogens with zero attached hydrogens (tertiary/aromatic N) is 3. The number of aromatic amines is 1. The van der Waals surface area contributed by atoms with E-state index < -0.39 is 5.97 Å². The van der Waals surface area contributed by atoms with Crippen molar-refractivity contribution in [2.75, 3.05) is 7.11 Å². The first kappa shape index (κ1) is 14.3. The highest BCUT2D eigenvalue weighted by Gasteiger charge is 2.24. The third kappa shape index (κ3) is 2.07. The van der Waals surface area contributed by atoms with Gasteiger partial charge in [-0.05, 0) is 18.1 Å². The zero-order valence-electron chi connectivity index (χ0n) is 13.0. The number of carbonyl (C=O) groups is 1. The molecule has 6 heteroatoms. The normalized spacial score (nSPS) is 11.3. The van der Waals surface area contributed by atoms with Crippen LogP contribution in [0.5, 0.6) is 0 Å². The van der Waals surface area contributed by atoms with Crippen LogP contribution in [0, 0.1) is 0 Å². The van der Waals surface area contributed by atoms with Crippen molar-refractivity contribution in [1.82, 2.24) is 19.7 Å². The van der Waals surface area contributed by atoms with Gasteiger partial charge in [-0.15, -0.1) is 0 Å². The lowest BCUT2D eigenvalue weighted by Gasteiger charge is -2.07. The number of H-pyrrole nitrogens is 1. The van der Waals surface area contributed by atoms with Crippen molar-refractivity contribution in [2.24, 2.45) is 7.05 Å². The molecule has 3 aromatic rings. The topological polar surface area (TPSA) is 72.8 Å². The molecule has 0 aliphatic heterocycles. The third-order valence-electron chi connectivity index (χ3n) is 3.76. The number of hydrogen-bond donors (Lipinski definition) is 1. The molecule has 0 aliphatic rings. The first-order valence-corrected chi connectivity index (χ1v) is 7.11. The van der Waals surface area contributed by atoms with Gasteiger partial charge in [0.15, 0.2) is 0 Å². The predicted octanol–water partition coefficient (Wildman–Crippen LogP) is 2.87. The lowest BCUT2D eigenvalue weighted by Crippen LogP contribution is -2.06. The second-order valence-corrected chi connectivity index (χ2v) is 5.54. The Morgan fingerprint density at radius 3 is 2.86 bits per heavy atom. The quantitative estimate of drug-likeness (QED) is 0.755. The fourth-order valence-electron chi connectivity index (χ4n) is 2.78. The highest BCUT2D eigenvalue weighted by Crippen LogP contribution is 2.35. The molecule has 3 heterocycles. The predicted molar refractivity (Wildman–Crippen MR) is 83.7 cm³/mol. The van der Waals surface area contributed by atoms with Crippen molar-refractivity contribution in [1.29, 1.82) is 0 Å². The Bertz CT molecular complexity index is 845. The Hall–Kier alpha value is -2.63. The van der Waals surface area contributed by atoms with Gasteiger partial charge in [-0.2, -0.15) is 5.10 Å². The standard InChI is InChI=1S/C16H18N4O2/c1-9(2)12-13(18-19-14(12)16(21)22-4)11-8-20(3)15-10(11)6-5-7-17-15/h5-9H,1-4H3,(H,18,19). The Balaban J connectivity index is 2.27. The summed E-state index contributed by atoms with van der Waals surface area (Å²) in [5, 5.41) is 8.21. The second-order valence-electron chi connectivity index (χ2n) is 5.54. The highest BCUT2D eigenvalue weighted by molar-refractivity contribution is 5.97. The monoisotopic (exact) mass is 298 g/mol. The van der Waals surface area contributed by atoms with Crippen LogP contribution in [0.3, 0.4) is 0 Å². The minimum Gasteiger partial charge on any atom is -0.464 e. The molecular weight excluding hydrogens is 280 g/mol. The van der Waals surface area contributed by atoms with Crippen molar-refractivity contribution in [3.63, 3.8) is 0 Å². The molecule has 6 nitrogen and oxygen atoms in total. The van der Waals surface area contributed by atoms with E-state index >= 15 is 0 Å². The lowest BCUT2D eigenvalue weighted by molar-refractivity contribution is 0.0592.